The summed E-state index contributed by atoms with van der Waals surface area (Å²) < 4.78 is 6.86. The Labute approximate surface area is 216 Å². The van der Waals surface area contributed by atoms with Crippen LogP contribution in [0.4, 0.5) is 0 Å². The van der Waals surface area contributed by atoms with E-state index in [-0.39, 0.29) is 11.7 Å². The van der Waals surface area contributed by atoms with E-state index in [1.54, 1.807) is 6.07 Å². The second-order valence-electron chi connectivity index (χ2n) is 9.59. The van der Waals surface area contributed by atoms with Crippen molar-refractivity contribution in [2.45, 2.75) is 37.5 Å². The predicted octanol–water partition coefficient (Wildman–Crippen LogP) is 6.86. The average molecular weight is 504 g/mol. The molecule has 35 heavy (non-hydrogen) atoms. The Kier molecular flexibility index (Phi) is 6.23. The van der Waals surface area contributed by atoms with Crippen molar-refractivity contribution in [2.24, 2.45) is 4.99 Å². The fraction of sp³-hybridized carbons (Fsp3) is 0.310. The molecule has 0 saturated carbocycles. The highest BCUT2D eigenvalue weighted by atomic mass is 35.5. The molecule has 0 N–H and O–H groups in total. The fourth-order valence-corrected chi connectivity index (χ4v) is 6.13. The van der Waals surface area contributed by atoms with Crippen LogP contribution >= 0.6 is 23.2 Å². The van der Waals surface area contributed by atoms with Gasteiger partial charge in [0.15, 0.2) is 0 Å². The second kappa shape index (κ2) is 9.51. The van der Waals surface area contributed by atoms with Gasteiger partial charge in [-0.3, -0.25) is 14.9 Å². The van der Waals surface area contributed by atoms with E-state index >= 15 is 0 Å². The first-order valence-electron chi connectivity index (χ1n) is 12.2. The number of piperidine rings is 1. The van der Waals surface area contributed by atoms with Crippen molar-refractivity contribution in [3.05, 3.63) is 105 Å². The number of dihydropyridines is 1. The topological polar surface area (TPSA) is 37.7 Å². The Balaban J connectivity index is 1.16. The van der Waals surface area contributed by atoms with Gasteiger partial charge in [0.1, 0.15) is 6.10 Å². The zero-order valence-corrected chi connectivity index (χ0v) is 21.0. The summed E-state index contributed by atoms with van der Waals surface area (Å²) in [6.07, 6.45) is 8.71. The zero-order valence-electron chi connectivity index (χ0n) is 19.5. The normalized spacial score (nSPS) is 21.2. The Morgan fingerprint density at radius 1 is 1.00 bits per heavy atom. The van der Waals surface area contributed by atoms with Gasteiger partial charge in [-0.05, 0) is 77.4 Å². The molecule has 1 aromatic heterocycles. The Bertz CT molecular complexity index is 1270. The largest absolute Gasteiger partial charge is 0.358 e. The molecule has 1 unspecified atom stereocenters. The first kappa shape index (κ1) is 22.9. The number of rotatable bonds is 4. The molecular weight excluding hydrogens is 477 g/mol. The fourth-order valence-electron chi connectivity index (χ4n) is 5.59. The first-order chi connectivity index (χ1) is 17.1. The number of hydrogen-bond acceptors (Lipinski definition) is 4. The van der Waals surface area contributed by atoms with Crippen molar-refractivity contribution in [1.29, 1.82) is 0 Å². The Hall–Kier alpha value is -2.50. The van der Waals surface area contributed by atoms with E-state index in [2.05, 4.69) is 52.4 Å². The lowest BCUT2D eigenvalue weighted by molar-refractivity contribution is -0.0979. The van der Waals surface area contributed by atoms with Gasteiger partial charge in [-0.25, -0.2) is 0 Å². The van der Waals surface area contributed by atoms with E-state index in [1.807, 2.05) is 24.5 Å². The maximum absolute atomic E-state index is 6.86. The number of benzene rings is 2. The quantitative estimate of drug-likeness (QED) is 0.390. The van der Waals surface area contributed by atoms with Gasteiger partial charge < -0.3 is 4.74 Å². The third kappa shape index (κ3) is 4.56. The first-order valence-corrected chi connectivity index (χ1v) is 13.0. The Morgan fingerprint density at radius 3 is 2.51 bits per heavy atom. The molecule has 0 bridgehead atoms. The van der Waals surface area contributed by atoms with Gasteiger partial charge in [-0.1, -0.05) is 53.5 Å². The van der Waals surface area contributed by atoms with Gasteiger partial charge in [-0.2, -0.15) is 0 Å². The van der Waals surface area contributed by atoms with E-state index in [1.165, 1.54) is 22.3 Å². The average Bonchev–Trinajstić information content (AvgIpc) is 3.20. The highest BCUT2D eigenvalue weighted by Gasteiger charge is 2.47. The van der Waals surface area contributed by atoms with Crippen LogP contribution in [0, 0.1) is 0 Å². The molecule has 0 amide bonds. The van der Waals surface area contributed by atoms with Crippen molar-refractivity contribution in [3.8, 4) is 0 Å². The van der Waals surface area contributed by atoms with Gasteiger partial charge in [-0.15, -0.1) is 0 Å². The van der Waals surface area contributed by atoms with Gasteiger partial charge in [0.25, 0.3) is 0 Å². The minimum absolute atomic E-state index is 0.151. The lowest BCUT2D eigenvalue weighted by atomic mass is 9.83. The van der Waals surface area contributed by atoms with Crippen LogP contribution in [0.2, 0.25) is 10.0 Å². The van der Waals surface area contributed by atoms with E-state index in [4.69, 9.17) is 32.9 Å². The number of pyridine rings is 1. The number of likely N-dealkylation sites (tertiary alicyclic amines) is 1. The minimum atomic E-state index is -0.279. The number of aliphatic imine (C=N–C) groups is 1. The van der Waals surface area contributed by atoms with Crippen molar-refractivity contribution in [2.75, 3.05) is 19.6 Å². The van der Waals surface area contributed by atoms with Crippen molar-refractivity contribution >= 4 is 35.0 Å². The third-order valence-corrected chi connectivity index (χ3v) is 7.84. The lowest BCUT2D eigenvalue weighted by Crippen LogP contribution is -2.42. The molecule has 0 radical (unpaired) electrons. The summed E-state index contributed by atoms with van der Waals surface area (Å²) >= 11 is 12.6. The maximum Gasteiger partial charge on any atom is 0.109 e. The molecule has 3 aromatic rings. The van der Waals surface area contributed by atoms with Crippen LogP contribution in [-0.4, -0.2) is 35.7 Å². The van der Waals surface area contributed by atoms with E-state index in [0.717, 1.165) is 56.7 Å². The molecule has 4 nitrogen and oxygen atoms in total. The summed E-state index contributed by atoms with van der Waals surface area (Å²) in [7, 11) is 0. The number of allylic oxidation sites excluding steroid dienone is 1. The maximum atomic E-state index is 6.86. The van der Waals surface area contributed by atoms with Crippen LogP contribution in [0.3, 0.4) is 0 Å². The summed E-state index contributed by atoms with van der Waals surface area (Å²) in [6.45, 7) is 3.64. The molecule has 1 spiro atoms. The monoisotopic (exact) mass is 503 g/mol. The molecule has 1 saturated heterocycles. The standard InChI is InChI=1S/C29H27Cl2N3O/c30-23-15-22(16-24(31)17-23)28-26-3-1-2-4-27(26)29(35-28)9-13-34(14-10-29)19-25-6-5-21(18-33-25)20-7-11-32-12-8-20/h1-7,11,15-18,28H,8-10,12-14,19H2. The van der Waals surface area contributed by atoms with E-state index < -0.39 is 0 Å². The van der Waals surface area contributed by atoms with Gasteiger partial charge in [0, 0.05) is 48.6 Å². The third-order valence-electron chi connectivity index (χ3n) is 7.40. The molecule has 1 atom stereocenters. The summed E-state index contributed by atoms with van der Waals surface area (Å²) in [5.41, 5.74) is 6.86. The molecule has 2 aromatic carbocycles. The highest BCUT2D eigenvalue weighted by molar-refractivity contribution is 6.34. The van der Waals surface area contributed by atoms with Crippen molar-refractivity contribution in [3.63, 3.8) is 0 Å². The smallest absolute Gasteiger partial charge is 0.109 e. The summed E-state index contributed by atoms with van der Waals surface area (Å²) in [5, 5.41) is 1.27. The van der Waals surface area contributed by atoms with Crippen molar-refractivity contribution in [1.82, 2.24) is 9.88 Å². The van der Waals surface area contributed by atoms with Crippen LogP contribution in [0.25, 0.3) is 5.57 Å². The van der Waals surface area contributed by atoms with Crippen LogP contribution in [0.1, 0.15) is 53.3 Å². The number of nitrogens with zero attached hydrogens (tertiary/aromatic N) is 3. The number of fused-ring (bicyclic) bond motifs is 2. The summed E-state index contributed by atoms with van der Waals surface area (Å²) in [4.78, 5) is 11.5. The molecule has 6 heteroatoms. The summed E-state index contributed by atoms with van der Waals surface area (Å²) in [6, 6.07) is 18.6. The SMILES string of the molecule is Clc1cc(Cl)cc(C2OC3(CCN(Cc4ccc(C5=CC=NCC5)cn4)CC3)c3ccccc32)c1. The zero-order chi connectivity index (χ0) is 23.8. The number of hydrogen-bond donors (Lipinski definition) is 0. The van der Waals surface area contributed by atoms with Crippen LogP contribution in [-0.2, 0) is 16.9 Å². The van der Waals surface area contributed by atoms with Crippen LogP contribution in [0.15, 0.2) is 71.9 Å². The Morgan fingerprint density at radius 2 is 1.80 bits per heavy atom. The molecule has 1 fully saturated rings. The molecular formula is C29H27Cl2N3O. The second-order valence-corrected chi connectivity index (χ2v) is 10.5. The van der Waals surface area contributed by atoms with Gasteiger partial charge >= 0.3 is 0 Å². The molecule has 3 aliphatic rings. The van der Waals surface area contributed by atoms with Crippen LogP contribution in [0.5, 0.6) is 0 Å². The molecule has 0 aliphatic carbocycles. The molecule has 6 rings (SSSR count). The summed E-state index contributed by atoms with van der Waals surface area (Å²) in [5.74, 6) is 0. The van der Waals surface area contributed by atoms with Gasteiger partial charge in [0.2, 0.25) is 0 Å². The lowest BCUT2D eigenvalue weighted by Gasteiger charge is -2.39. The van der Waals surface area contributed by atoms with Crippen LogP contribution < -0.4 is 0 Å². The molecule has 178 valence electrons. The van der Waals surface area contributed by atoms with Crippen molar-refractivity contribution < 1.29 is 4.74 Å². The number of halogens is 2. The predicted molar refractivity (Wildman–Crippen MR) is 142 cm³/mol. The number of ether oxygens (including phenoxy) is 1. The molecule has 3 aliphatic heterocycles. The minimum Gasteiger partial charge on any atom is -0.358 e. The van der Waals surface area contributed by atoms with E-state index in [0.29, 0.717) is 10.0 Å². The molecule has 4 heterocycles. The highest BCUT2D eigenvalue weighted by Crippen LogP contribution is 2.51. The van der Waals surface area contributed by atoms with Gasteiger partial charge in [0.05, 0.1) is 11.3 Å². The number of aromatic nitrogens is 1. The van der Waals surface area contributed by atoms with E-state index in [9.17, 15) is 0 Å².